The molecular formula is C26H26N4O4S. The summed E-state index contributed by atoms with van der Waals surface area (Å²) in [5.74, 6) is 0.588. The predicted octanol–water partition coefficient (Wildman–Crippen LogP) is 3.09. The molecule has 1 aromatic heterocycles. The Balaban J connectivity index is 1.44. The number of carbonyl (C=O) groups excluding carboxylic acids is 2. The van der Waals surface area contributed by atoms with E-state index in [0.29, 0.717) is 69.6 Å². The molecule has 3 aromatic rings. The second-order valence-electron chi connectivity index (χ2n) is 8.73. The van der Waals surface area contributed by atoms with Gasteiger partial charge in [0.2, 0.25) is 0 Å². The van der Waals surface area contributed by atoms with E-state index in [1.807, 2.05) is 50.9 Å². The van der Waals surface area contributed by atoms with Crippen LogP contribution < -0.4 is 0 Å². The zero-order valence-corrected chi connectivity index (χ0v) is 20.1. The van der Waals surface area contributed by atoms with Gasteiger partial charge in [0.25, 0.3) is 11.8 Å². The van der Waals surface area contributed by atoms with E-state index in [-0.39, 0.29) is 11.8 Å². The number of thioether (sulfide) groups is 1. The third-order valence-electron chi connectivity index (χ3n) is 6.63. The van der Waals surface area contributed by atoms with Gasteiger partial charge >= 0.3 is 0 Å². The van der Waals surface area contributed by atoms with Gasteiger partial charge in [-0.2, -0.15) is 5.10 Å². The molecule has 2 fully saturated rings. The molecule has 3 aliphatic heterocycles. The maximum absolute atomic E-state index is 13.5. The van der Waals surface area contributed by atoms with Crippen molar-refractivity contribution in [2.24, 2.45) is 0 Å². The van der Waals surface area contributed by atoms with Gasteiger partial charge in [-0.25, -0.2) is 4.68 Å². The molecule has 0 atom stereocenters. The average Bonchev–Trinajstić information content (AvgIpc) is 3.33. The highest BCUT2D eigenvalue weighted by molar-refractivity contribution is 7.98. The van der Waals surface area contributed by atoms with Gasteiger partial charge in [0.05, 0.1) is 37.8 Å². The number of hydrogen-bond acceptors (Lipinski definition) is 6. The van der Waals surface area contributed by atoms with Crippen molar-refractivity contribution in [1.29, 1.82) is 0 Å². The lowest BCUT2D eigenvalue weighted by Crippen LogP contribution is -2.41. The molecular weight excluding hydrogens is 464 g/mol. The van der Waals surface area contributed by atoms with Gasteiger partial charge in [-0.1, -0.05) is 24.3 Å². The van der Waals surface area contributed by atoms with E-state index in [4.69, 9.17) is 14.6 Å². The third-order valence-corrected chi connectivity index (χ3v) is 7.73. The van der Waals surface area contributed by atoms with Crippen molar-refractivity contribution in [2.75, 3.05) is 52.6 Å². The molecule has 4 heterocycles. The van der Waals surface area contributed by atoms with E-state index in [0.717, 1.165) is 27.4 Å². The first kappa shape index (κ1) is 22.3. The number of benzene rings is 2. The standard InChI is InChI=1S/C26H26N4O4S/c31-25(28-8-12-33-13-9-28)18-4-3-5-19(16-18)30-24-20-6-1-2-7-22(20)35-17-21(24)23(27-30)26(32)29-10-14-34-15-11-29/h1-7,16H,8-15,17H2. The summed E-state index contributed by atoms with van der Waals surface area (Å²) in [4.78, 5) is 31.5. The SMILES string of the molecule is O=C(c1cccc(-n2nc(C(=O)N3CCOCC3)c3c2-c2ccccc2SC3)c1)N1CCOCC1. The summed E-state index contributed by atoms with van der Waals surface area (Å²) in [6, 6.07) is 15.7. The molecule has 35 heavy (non-hydrogen) atoms. The van der Waals surface area contributed by atoms with Gasteiger partial charge in [0.1, 0.15) is 0 Å². The zero-order chi connectivity index (χ0) is 23.8. The second kappa shape index (κ2) is 9.49. The minimum absolute atomic E-state index is 0.0169. The Bertz CT molecular complexity index is 1280. The molecule has 0 saturated carbocycles. The van der Waals surface area contributed by atoms with Crippen LogP contribution in [0.25, 0.3) is 16.9 Å². The molecule has 0 aliphatic carbocycles. The summed E-state index contributed by atoms with van der Waals surface area (Å²) < 4.78 is 12.7. The number of carbonyl (C=O) groups is 2. The predicted molar refractivity (Wildman–Crippen MR) is 132 cm³/mol. The number of aromatic nitrogens is 2. The van der Waals surface area contributed by atoms with E-state index < -0.39 is 0 Å². The molecule has 3 aliphatic rings. The van der Waals surface area contributed by atoms with Gasteiger partial charge in [0, 0.05) is 53.5 Å². The van der Waals surface area contributed by atoms with Gasteiger partial charge in [-0.3, -0.25) is 9.59 Å². The molecule has 0 N–H and O–H groups in total. The van der Waals surface area contributed by atoms with Crippen LogP contribution >= 0.6 is 11.8 Å². The molecule has 0 unspecified atom stereocenters. The highest BCUT2D eigenvalue weighted by Gasteiger charge is 2.32. The van der Waals surface area contributed by atoms with Crippen molar-refractivity contribution in [3.63, 3.8) is 0 Å². The Morgan fingerprint density at radius 1 is 0.829 bits per heavy atom. The number of hydrogen-bond donors (Lipinski definition) is 0. The van der Waals surface area contributed by atoms with E-state index in [1.165, 1.54) is 0 Å². The van der Waals surface area contributed by atoms with E-state index in [9.17, 15) is 9.59 Å². The van der Waals surface area contributed by atoms with E-state index in [1.54, 1.807) is 11.8 Å². The Morgan fingerprint density at radius 2 is 1.51 bits per heavy atom. The normalized spacial score (nSPS) is 17.6. The molecule has 2 aromatic carbocycles. The van der Waals surface area contributed by atoms with Gasteiger partial charge in [-0.15, -0.1) is 11.8 Å². The largest absolute Gasteiger partial charge is 0.378 e. The molecule has 2 saturated heterocycles. The number of morpholine rings is 2. The van der Waals surface area contributed by atoms with Gasteiger partial charge in [0.15, 0.2) is 5.69 Å². The van der Waals surface area contributed by atoms with Crippen LogP contribution in [-0.2, 0) is 15.2 Å². The van der Waals surface area contributed by atoms with Crippen LogP contribution in [-0.4, -0.2) is 84.0 Å². The first-order valence-corrected chi connectivity index (χ1v) is 12.9. The minimum Gasteiger partial charge on any atom is -0.378 e. The van der Waals surface area contributed by atoms with E-state index >= 15 is 0 Å². The Morgan fingerprint density at radius 3 is 2.26 bits per heavy atom. The van der Waals surface area contributed by atoms with Crippen molar-refractivity contribution in [2.45, 2.75) is 10.6 Å². The molecule has 0 bridgehead atoms. The number of nitrogens with zero attached hydrogens (tertiary/aromatic N) is 4. The lowest BCUT2D eigenvalue weighted by molar-refractivity contribution is 0.0297. The molecule has 0 spiro atoms. The lowest BCUT2D eigenvalue weighted by atomic mass is 10.0. The monoisotopic (exact) mass is 490 g/mol. The number of ether oxygens (including phenoxy) is 2. The van der Waals surface area contributed by atoms with Crippen molar-refractivity contribution in [1.82, 2.24) is 19.6 Å². The van der Waals surface area contributed by atoms with E-state index in [2.05, 4.69) is 12.1 Å². The number of amides is 2. The summed E-state index contributed by atoms with van der Waals surface area (Å²) in [7, 11) is 0. The van der Waals surface area contributed by atoms with Crippen molar-refractivity contribution in [3.8, 4) is 16.9 Å². The van der Waals surface area contributed by atoms with Crippen LogP contribution in [0.1, 0.15) is 26.4 Å². The van der Waals surface area contributed by atoms with Crippen molar-refractivity contribution in [3.05, 3.63) is 65.4 Å². The summed E-state index contributed by atoms with van der Waals surface area (Å²) in [5.41, 5.74) is 4.77. The quantitative estimate of drug-likeness (QED) is 0.562. The van der Waals surface area contributed by atoms with Crippen LogP contribution in [0.3, 0.4) is 0 Å². The summed E-state index contributed by atoms with van der Waals surface area (Å²) in [5, 5.41) is 4.88. The molecule has 9 heteroatoms. The maximum atomic E-state index is 13.5. The summed E-state index contributed by atoms with van der Waals surface area (Å²) in [6.07, 6.45) is 0. The fourth-order valence-corrected chi connectivity index (χ4v) is 5.86. The smallest absolute Gasteiger partial charge is 0.274 e. The fourth-order valence-electron chi connectivity index (χ4n) is 4.80. The maximum Gasteiger partial charge on any atom is 0.274 e. The average molecular weight is 491 g/mol. The van der Waals surface area contributed by atoms with Crippen LogP contribution in [0.2, 0.25) is 0 Å². The highest BCUT2D eigenvalue weighted by atomic mass is 32.2. The lowest BCUT2D eigenvalue weighted by Gasteiger charge is -2.27. The molecule has 180 valence electrons. The summed E-state index contributed by atoms with van der Waals surface area (Å²) in [6.45, 7) is 4.49. The molecule has 0 radical (unpaired) electrons. The first-order chi connectivity index (χ1) is 17.2. The molecule has 6 rings (SSSR count). The first-order valence-electron chi connectivity index (χ1n) is 11.9. The third kappa shape index (κ3) is 4.13. The van der Waals surface area contributed by atoms with Crippen LogP contribution in [0.15, 0.2) is 53.4 Å². The van der Waals surface area contributed by atoms with Crippen molar-refractivity contribution < 1.29 is 19.1 Å². The highest BCUT2D eigenvalue weighted by Crippen LogP contribution is 2.43. The van der Waals surface area contributed by atoms with Crippen LogP contribution in [0.5, 0.6) is 0 Å². The Labute approximate surface area is 207 Å². The fraction of sp³-hybridized carbons (Fsp3) is 0.346. The van der Waals surface area contributed by atoms with Crippen LogP contribution in [0.4, 0.5) is 0 Å². The van der Waals surface area contributed by atoms with Crippen molar-refractivity contribution >= 4 is 23.6 Å². The number of fused-ring (bicyclic) bond motifs is 3. The zero-order valence-electron chi connectivity index (χ0n) is 19.3. The molecule has 2 amide bonds. The second-order valence-corrected chi connectivity index (χ2v) is 9.75. The topological polar surface area (TPSA) is 76.9 Å². The Kier molecular flexibility index (Phi) is 6.05. The molecule has 8 nitrogen and oxygen atoms in total. The van der Waals surface area contributed by atoms with Gasteiger partial charge < -0.3 is 19.3 Å². The minimum atomic E-state index is -0.0659. The number of rotatable bonds is 3. The van der Waals surface area contributed by atoms with Gasteiger partial charge in [-0.05, 0) is 24.3 Å². The van der Waals surface area contributed by atoms with Crippen LogP contribution in [0, 0.1) is 0 Å². The summed E-state index contributed by atoms with van der Waals surface area (Å²) >= 11 is 1.72. The Hall–Kier alpha value is -3.14.